The highest BCUT2D eigenvalue weighted by atomic mass is 19.1. The Hall–Kier alpha value is -3.98. The van der Waals surface area contributed by atoms with Crippen molar-refractivity contribution in [3.8, 4) is 5.75 Å². The second-order valence-electron chi connectivity index (χ2n) is 7.62. The smallest absolute Gasteiger partial charge is 0.482 e. The number of carboxylic acids is 1. The summed E-state index contributed by atoms with van der Waals surface area (Å²) in [5.41, 5.74) is 2.21. The van der Waals surface area contributed by atoms with Gasteiger partial charge in [0.25, 0.3) is 0 Å². The van der Waals surface area contributed by atoms with E-state index in [4.69, 9.17) is 19.4 Å². The predicted molar refractivity (Wildman–Crippen MR) is 116 cm³/mol. The highest BCUT2D eigenvalue weighted by Crippen LogP contribution is 2.40. The number of carboxylic acid groups (broad SMARTS) is 1. The van der Waals surface area contributed by atoms with E-state index in [0.29, 0.717) is 17.5 Å². The first kappa shape index (κ1) is 23.2. The fourth-order valence-corrected chi connectivity index (χ4v) is 3.84. The molecule has 0 saturated heterocycles. The monoisotopic (exact) mass is 469 g/mol. The minimum Gasteiger partial charge on any atom is -0.482 e. The van der Waals surface area contributed by atoms with Gasteiger partial charge < -0.3 is 19.4 Å². The van der Waals surface area contributed by atoms with Crippen LogP contribution in [0, 0.1) is 11.6 Å². The fourth-order valence-electron chi connectivity index (χ4n) is 3.84. The maximum absolute atomic E-state index is 14.3. The third-order valence-electron chi connectivity index (χ3n) is 5.30. The number of carbonyl (C=O) groups is 2. The van der Waals surface area contributed by atoms with E-state index < -0.39 is 36.4 Å². The van der Waals surface area contributed by atoms with E-state index in [9.17, 15) is 18.4 Å². The van der Waals surface area contributed by atoms with E-state index in [1.807, 2.05) is 18.2 Å². The average Bonchev–Trinajstić information content (AvgIpc) is 2.82. The van der Waals surface area contributed by atoms with Crippen LogP contribution in [0.4, 0.5) is 13.6 Å². The summed E-state index contributed by atoms with van der Waals surface area (Å²) in [6, 6.07) is 15.9. The number of hydrogen-bond donors (Lipinski definition) is 1. The highest BCUT2D eigenvalue weighted by Gasteiger charge is 2.35. The molecule has 1 atom stereocenters. The van der Waals surface area contributed by atoms with Gasteiger partial charge in [0.05, 0.1) is 0 Å². The lowest BCUT2D eigenvalue weighted by Gasteiger charge is -2.36. The number of benzene rings is 3. The quantitative estimate of drug-likeness (QED) is 0.505. The summed E-state index contributed by atoms with van der Waals surface area (Å²) in [5, 5.41) is 10.3. The van der Waals surface area contributed by atoms with Crippen LogP contribution in [0.25, 0.3) is 0 Å². The van der Waals surface area contributed by atoms with Crippen molar-refractivity contribution in [1.82, 2.24) is 5.06 Å². The normalized spacial score (nSPS) is 15.3. The second kappa shape index (κ2) is 10.3. The lowest BCUT2D eigenvalue weighted by Crippen LogP contribution is -2.38. The molecule has 0 aromatic heterocycles. The van der Waals surface area contributed by atoms with Crippen LogP contribution in [0.5, 0.6) is 5.75 Å². The largest absolute Gasteiger partial charge is 0.528 e. The lowest BCUT2D eigenvalue weighted by atomic mass is 9.89. The number of rotatable bonds is 7. The van der Waals surface area contributed by atoms with Gasteiger partial charge in [-0.2, -0.15) is 0 Å². The molecule has 1 aliphatic heterocycles. The number of hydrogen-bond acceptors (Lipinski definition) is 6. The SMILES string of the molecule is O=C(O)COc1ccc(F)cc1C1c2ccc(F)cc2CCN1OC(=O)OCc1ccccc1. The third-order valence-corrected chi connectivity index (χ3v) is 5.30. The molecule has 1 unspecified atom stereocenters. The van der Waals surface area contributed by atoms with Crippen LogP contribution in [-0.4, -0.2) is 35.4 Å². The van der Waals surface area contributed by atoms with Crippen molar-refractivity contribution in [1.29, 1.82) is 0 Å². The van der Waals surface area contributed by atoms with Gasteiger partial charge in [0.2, 0.25) is 0 Å². The van der Waals surface area contributed by atoms with Gasteiger partial charge in [0, 0.05) is 12.1 Å². The van der Waals surface area contributed by atoms with Crippen molar-refractivity contribution in [2.45, 2.75) is 19.1 Å². The van der Waals surface area contributed by atoms with Gasteiger partial charge in [-0.3, -0.25) is 0 Å². The standard InChI is InChI=1S/C25H21F2NO6/c26-18-6-8-20-17(12-18)10-11-28(34-25(31)33-14-16-4-2-1-3-5-16)24(20)21-13-19(27)7-9-22(21)32-15-23(29)30/h1-9,12-13,24H,10-11,14-15H2,(H,29,30). The molecule has 1 aliphatic rings. The van der Waals surface area contributed by atoms with Crippen molar-refractivity contribution in [2.24, 2.45) is 0 Å². The van der Waals surface area contributed by atoms with E-state index >= 15 is 0 Å². The molecule has 7 nitrogen and oxygen atoms in total. The van der Waals surface area contributed by atoms with Gasteiger partial charge in [-0.25, -0.2) is 18.4 Å². The number of hydroxylamine groups is 2. The predicted octanol–water partition coefficient (Wildman–Crippen LogP) is 4.64. The molecule has 1 N–H and O–H groups in total. The topological polar surface area (TPSA) is 85.3 Å². The molecule has 3 aromatic rings. The molecular weight excluding hydrogens is 448 g/mol. The Kier molecular flexibility index (Phi) is 7.03. The molecule has 3 aromatic carbocycles. The molecule has 34 heavy (non-hydrogen) atoms. The van der Waals surface area contributed by atoms with E-state index in [-0.39, 0.29) is 24.5 Å². The number of nitrogens with zero attached hydrogens (tertiary/aromatic N) is 1. The molecule has 1 heterocycles. The molecule has 0 saturated carbocycles. The van der Waals surface area contributed by atoms with Crippen molar-refractivity contribution in [2.75, 3.05) is 13.2 Å². The van der Waals surface area contributed by atoms with Crippen LogP contribution in [0.1, 0.15) is 28.3 Å². The Morgan fingerprint density at radius 2 is 1.71 bits per heavy atom. The molecule has 176 valence electrons. The van der Waals surface area contributed by atoms with Crippen LogP contribution in [0.15, 0.2) is 66.7 Å². The summed E-state index contributed by atoms with van der Waals surface area (Å²) in [5.74, 6) is -2.15. The first-order chi connectivity index (χ1) is 16.4. The Balaban J connectivity index is 1.64. The Morgan fingerprint density at radius 3 is 2.47 bits per heavy atom. The first-order valence-electron chi connectivity index (χ1n) is 10.5. The van der Waals surface area contributed by atoms with Crippen LogP contribution in [0.3, 0.4) is 0 Å². The number of ether oxygens (including phenoxy) is 2. The molecule has 4 rings (SSSR count). The Morgan fingerprint density at radius 1 is 0.971 bits per heavy atom. The first-order valence-corrected chi connectivity index (χ1v) is 10.5. The second-order valence-corrected chi connectivity index (χ2v) is 7.62. The Bertz CT molecular complexity index is 1190. The van der Waals surface area contributed by atoms with Gasteiger partial charge >= 0.3 is 12.1 Å². The van der Waals surface area contributed by atoms with Gasteiger partial charge in [-0.15, -0.1) is 5.06 Å². The van der Waals surface area contributed by atoms with Crippen LogP contribution >= 0.6 is 0 Å². The van der Waals surface area contributed by atoms with Gasteiger partial charge in [0.15, 0.2) is 6.61 Å². The number of halogens is 2. The molecular formula is C25H21F2NO6. The van der Waals surface area contributed by atoms with Crippen LogP contribution in [-0.2, 0) is 27.4 Å². The van der Waals surface area contributed by atoms with Crippen LogP contribution in [0.2, 0.25) is 0 Å². The number of aliphatic carboxylic acids is 1. The zero-order valence-electron chi connectivity index (χ0n) is 17.9. The van der Waals surface area contributed by atoms with Crippen molar-refractivity contribution >= 4 is 12.1 Å². The summed E-state index contributed by atoms with van der Waals surface area (Å²) in [4.78, 5) is 29.0. The summed E-state index contributed by atoms with van der Waals surface area (Å²) < 4.78 is 38.7. The summed E-state index contributed by atoms with van der Waals surface area (Å²) in [6.45, 7) is -0.495. The van der Waals surface area contributed by atoms with Gasteiger partial charge in [0.1, 0.15) is 30.0 Å². The van der Waals surface area contributed by atoms with Gasteiger partial charge in [-0.1, -0.05) is 36.4 Å². The summed E-state index contributed by atoms with van der Waals surface area (Å²) >= 11 is 0. The fraction of sp³-hybridized carbons (Fsp3) is 0.200. The zero-order chi connectivity index (χ0) is 24.1. The highest BCUT2D eigenvalue weighted by molar-refractivity contribution is 5.68. The molecule has 0 bridgehead atoms. The summed E-state index contributed by atoms with van der Waals surface area (Å²) in [6.07, 6.45) is -0.611. The molecule has 0 aliphatic carbocycles. The zero-order valence-corrected chi connectivity index (χ0v) is 17.9. The molecule has 0 amide bonds. The maximum atomic E-state index is 14.3. The van der Waals surface area contributed by atoms with E-state index in [1.165, 1.54) is 35.4 Å². The molecule has 0 fully saturated rings. The number of fused-ring (bicyclic) bond motifs is 1. The molecule has 0 spiro atoms. The van der Waals surface area contributed by atoms with Crippen LogP contribution < -0.4 is 4.74 Å². The molecule has 9 heteroatoms. The third kappa shape index (κ3) is 5.49. The minimum absolute atomic E-state index is 0.00703. The average molecular weight is 469 g/mol. The van der Waals surface area contributed by atoms with E-state index in [1.54, 1.807) is 12.1 Å². The minimum atomic E-state index is -1.21. The number of carbonyl (C=O) groups excluding carboxylic acids is 1. The molecule has 0 radical (unpaired) electrons. The van der Waals surface area contributed by atoms with Crippen molar-refractivity contribution in [3.63, 3.8) is 0 Å². The maximum Gasteiger partial charge on any atom is 0.528 e. The van der Waals surface area contributed by atoms with E-state index in [0.717, 1.165) is 11.6 Å². The van der Waals surface area contributed by atoms with Crippen molar-refractivity contribution < 1.29 is 37.8 Å². The van der Waals surface area contributed by atoms with Gasteiger partial charge in [-0.05, 0) is 53.4 Å². The van der Waals surface area contributed by atoms with E-state index in [2.05, 4.69) is 0 Å². The summed E-state index contributed by atoms with van der Waals surface area (Å²) in [7, 11) is 0. The van der Waals surface area contributed by atoms with Crippen molar-refractivity contribution in [3.05, 3.63) is 101 Å². The lowest BCUT2D eigenvalue weighted by molar-refractivity contribution is -0.152. The Labute approximate surface area is 194 Å².